The van der Waals surface area contributed by atoms with Crippen LogP contribution in [0.25, 0.3) is 6.08 Å². The first-order chi connectivity index (χ1) is 12.3. The van der Waals surface area contributed by atoms with Gasteiger partial charge in [-0.25, -0.2) is 4.39 Å². The second-order valence-electron chi connectivity index (χ2n) is 5.48. The van der Waals surface area contributed by atoms with Crippen LogP contribution < -0.4 is 0 Å². The van der Waals surface area contributed by atoms with E-state index in [-0.39, 0.29) is 17.0 Å². The highest BCUT2D eigenvalue weighted by atomic mass is 32.2. The van der Waals surface area contributed by atoms with Crippen molar-refractivity contribution in [1.29, 1.82) is 0 Å². The van der Waals surface area contributed by atoms with Crippen LogP contribution in [0.15, 0.2) is 53.4 Å². The lowest BCUT2D eigenvalue weighted by Gasteiger charge is -2.12. The van der Waals surface area contributed by atoms with E-state index >= 15 is 0 Å². The van der Waals surface area contributed by atoms with Crippen molar-refractivity contribution in [3.05, 3.63) is 75.9 Å². The van der Waals surface area contributed by atoms with Gasteiger partial charge in [0, 0.05) is 5.56 Å². The monoisotopic (exact) mass is 381 g/mol. The Balaban J connectivity index is 1.80. The molecular formula is C18H11F4NO2S. The lowest BCUT2D eigenvalue weighted by atomic mass is 10.1. The summed E-state index contributed by atoms with van der Waals surface area (Å²) in [6.45, 7) is -0.207. The van der Waals surface area contributed by atoms with E-state index in [1.807, 2.05) is 0 Å². The van der Waals surface area contributed by atoms with Crippen LogP contribution in [0.4, 0.5) is 22.4 Å². The Morgan fingerprint density at radius 2 is 1.65 bits per heavy atom. The van der Waals surface area contributed by atoms with E-state index in [0.29, 0.717) is 17.3 Å². The Bertz CT molecular complexity index is 891. The SMILES string of the molecule is O=C1S/C(=C\c2ccc(C(F)(F)F)cc2)C(=O)N1Cc1ccccc1F. The number of alkyl halides is 3. The van der Waals surface area contributed by atoms with Crippen LogP contribution in [-0.2, 0) is 17.5 Å². The van der Waals surface area contributed by atoms with E-state index in [1.165, 1.54) is 36.4 Å². The quantitative estimate of drug-likeness (QED) is 0.550. The Kier molecular flexibility index (Phi) is 4.86. The summed E-state index contributed by atoms with van der Waals surface area (Å²) in [6, 6.07) is 10.0. The average Bonchev–Trinajstić information content (AvgIpc) is 2.84. The topological polar surface area (TPSA) is 37.4 Å². The van der Waals surface area contributed by atoms with E-state index < -0.39 is 28.7 Å². The molecule has 0 N–H and O–H groups in total. The molecule has 0 radical (unpaired) electrons. The molecule has 0 unspecified atom stereocenters. The predicted octanol–water partition coefficient (Wildman–Crippen LogP) is 5.08. The highest BCUT2D eigenvalue weighted by Gasteiger charge is 2.35. The molecule has 134 valence electrons. The molecular weight excluding hydrogens is 370 g/mol. The van der Waals surface area contributed by atoms with E-state index in [2.05, 4.69) is 0 Å². The van der Waals surface area contributed by atoms with Gasteiger partial charge in [-0.3, -0.25) is 14.5 Å². The van der Waals surface area contributed by atoms with Crippen molar-refractivity contribution in [2.75, 3.05) is 0 Å². The third kappa shape index (κ3) is 3.80. The molecule has 0 saturated carbocycles. The standard InChI is InChI=1S/C18H11F4NO2S/c19-14-4-2-1-3-12(14)10-23-16(24)15(26-17(23)25)9-11-5-7-13(8-6-11)18(20,21)22/h1-9H,10H2/b15-9-. The van der Waals surface area contributed by atoms with Gasteiger partial charge < -0.3 is 0 Å². The molecule has 1 saturated heterocycles. The second-order valence-corrected chi connectivity index (χ2v) is 6.47. The first-order valence-electron chi connectivity index (χ1n) is 7.42. The van der Waals surface area contributed by atoms with Crippen LogP contribution in [0.1, 0.15) is 16.7 Å². The molecule has 0 spiro atoms. The summed E-state index contributed by atoms with van der Waals surface area (Å²) in [5.41, 5.74) is -0.248. The van der Waals surface area contributed by atoms with Gasteiger partial charge >= 0.3 is 6.18 Å². The van der Waals surface area contributed by atoms with Gasteiger partial charge in [-0.15, -0.1) is 0 Å². The third-order valence-corrected chi connectivity index (χ3v) is 4.60. The van der Waals surface area contributed by atoms with E-state index in [4.69, 9.17) is 0 Å². The molecule has 1 heterocycles. The number of amides is 2. The summed E-state index contributed by atoms with van der Waals surface area (Å²) >= 11 is 0.665. The highest BCUT2D eigenvalue weighted by molar-refractivity contribution is 8.18. The minimum Gasteiger partial charge on any atom is -0.268 e. The number of imide groups is 1. The van der Waals surface area contributed by atoms with Crippen molar-refractivity contribution in [3.63, 3.8) is 0 Å². The van der Waals surface area contributed by atoms with Gasteiger partial charge in [0.1, 0.15) is 5.82 Å². The largest absolute Gasteiger partial charge is 0.416 e. The van der Waals surface area contributed by atoms with Crippen molar-refractivity contribution >= 4 is 29.0 Å². The summed E-state index contributed by atoms with van der Waals surface area (Å²) < 4.78 is 51.4. The fourth-order valence-corrected chi connectivity index (χ4v) is 3.19. The molecule has 0 aromatic heterocycles. The van der Waals surface area contributed by atoms with Crippen LogP contribution in [-0.4, -0.2) is 16.0 Å². The maximum atomic E-state index is 13.7. The Morgan fingerprint density at radius 3 is 2.27 bits per heavy atom. The normalized spacial score (nSPS) is 16.6. The Labute approximate surface area is 150 Å². The number of hydrogen-bond donors (Lipinski definition) is 0. The molecule has 3 nitrogen and oxygen atoms in total. The minimum absolute atomic E-state index is 0.0751. The summed E-state index contributed by atoms with van der Waals surface area (Å²) in [6.07, 6.45) is -3.11. The first-order valence-corrected chi connectivity index (χ1v) is 8.23. The van der Waals surface area contributed by atoms with E-state index in [1.54, 1.807) is 6.07 Å². The van der Waals surface area contributed by atoms with Gasteiger partial charge in [-0.1, -0.05) is 30.3 Å². The van der Waals surface area contributed by atoms with Crippen LogP contribution >= 0.6 is 11.8 Å². The van der Waals surface area contributed by atoms with Crippen LogP contribution in [0.5, 0.6) is 0 Å². The third-order valence-electron chi connectivity index (χ3n) is 3.70. The molecule has 2 aromatic rings. The van der Waals surface area contributed by atoms with Crippen molar-refractivity contribution in [2.24, 2.45) is 0 Å². The zero-order valence-corrected chi connectivity index (χ0v) is 13.9. The van der Waals surface area contributed by atoms with Crippen LogP contribution in [0.2, 0.25) is 0 Å². The van der Waals surface area contributed by atoms with Gasteiger partial charge in [-0.2, -0.15) is 13.2 Å². The smallest absolute Gasteiger partial charge is 0.268 e. The van der Waals surface area contributed by atoms with Gasteiger partial charge in [-0.05, 0) is 41.6 Å². The Morgan fingerprint density at radius 1 is 1.00 bits per heavy atom. The first kappa shape index (κ1) is 18.2. The molecule has 0 atom stereocenters. The number of benzene rings is 2. The van der Waals surface area contributed by atoms with Gasteiger partial charge in [0.05, 0.1) is 17.0 Å². The molecule has 3 rings (SSSR count). The van der Waals surface area contributed by atoms with Gasteiger partial charge in [0.15, 0.2) is 0 Å². The molecule has 1 aliphatic rings. The number of carbonyl (C=O) groups excluding carboxylic acids is 2. The molecule has 1 aliphatic heterocycles. The average molecular weight is 381 g/mol. The number of rotatable bonds is 3. The molecule has 2 amide bonds. The molecule has 0 aliphatic carbocycles. The van der Waals surface area contributed by atoms with Crippen molar-refractivity contribution in [2.45, 2.75) is 12.7 Å². The van der Waals surface area contributed by atoms with Crippen molar-refractivity contribution in [3.8, 4) is 0 Å². The lowest BCUT2D eigenvalue weighted by molar-refractivity contribution is -0.137. The van der Waals surface area contributed by atoms with Crippen LogP contribution in [0, 0.1) is 5.82 Å². The number of hydrogen-bond acceptors (Lipinski definition) is 3. The summed E-state index contributed by atoms with van der Waals surface area (Å²) in [5, 5.41) is -0.559. The molecule has 1 fully saturated rings. The minimum atomic E-state index is -4.45. The fraction of sp³-hybridized carbons (Fsp3) is 0.111. The van der Waals surface area contributed by atoms with E-state index in [0.717, 1.165) is 17.0 Å². The number of thioether (sulfide) groups is 1. The second kappa shape index (κ2) is 6.95. The van der Waals surface area contributed by atoms with Crippen LogP contribution in [0.3, 0.4) is 0 Å². The predicted molar refractivity (Wildman–Crippen MR) is 89.4 cm³/mol. The number of nitrogens with zero attached hydrogens (tertiary/aromatic N) is 1. The Hall–Kier alpha value is -2.61. The summed E-state index contributed by atoms with van der Waals surface area (Å²) in [7, 11) is 0. The zero-order chi connectivity index (χ0) is 18.9. The summed E-state index contributed by atoms with van der Waals surface area (Å²) in [4.78, 5) is 25.4. The number of carbonyl (C=O) groups is 2. The fourth-order valence-electron chi connectivity index (χ4n) is 2.35. The summed E-state index contributed by atoms with van der Waals surface area (Å²) in [5.74, 6) is -1.14. The van der Waals surface area contributed by atoms with Gasteiger partial charge in [0.2, 0.25) is 0 Å². The maximum absolute atomic E-state index is 13.7. The molecule has 2 aromatic carbocycles. The van der Waals surface area contributed by atoms with Gasteiger partial charge in [0.25, 0.3) is 11.1 Å². The van der Waals surface area contributed by atoms with E-state index in [9.17, 15) is 27.2 Å². The lowest BCUT2D eigenvalue weighted by Crippen LogP contribution is -2.27. The maximum Gasteiger partial charge on any atom is 0.416 e. The molecule has 8 heteroatoms. The zero-order valence-electron chi connectivity index (χ0n) is 13.1. The molecule has 0 bridgehead atoms. The molecule has 26 heavy (non-hydrogen) atoms. The van der Waals surface area contributed by atoms with Crippen molar-refractivity contribution < 1.29 is 27.2 Å². The highest BCUT2D eigenvalue weighted by Crippen LogP contribution is 2.34. The number of halogens is 4. The van der Waals surface area contributed by atoms with Crippen molar-refractivity contribution in [1.82, 2.24) is 4.90 Å².